The first-order valence-corrected chi connectivity index (χ1v) is 16.1. The van der Waals surface area contributed by atoms with Crippen molar-refractivity contribution in [1.82, 2.24) is 15.0 Å². The van der Waals surface area contributed by atoms with Gasteiger partial charge in [-0.05, 0) is 77.3 Å². The van der Waals surface area contributed by atoms with E-state index in [0.29, 0.717) is 40.7 Å². The zero-order valence-electron chi connectivity index (χ0n) is 28.1. The van der Waals surface area contributed by atoms with E-state index < -0.39 is 12.1 Å². The molecule has 47 heavy (non-hydrogen) atoms. The summed E-state index contributed by atoms with van der Waals surface area (Å²) in [5.41, 5.74) is 2.33. The average Bonchev–Trinajstić information content (AvgIpc) is 3.38. The Morgan fingerprint density at radius 2 is 1.85 bits per heavy atom. The Kier molecular flexibility index (Phi) is 12.4. The van der Waals surface area contributed by atoms with E-state index in [4.69, 9.17) is 14.0 Å². The molecule has 0 bridgehead atoms. The third-order valence-corrected chi connectivity index (χ3v) is 8.41. The van der Waals surface area contributed by atoms with Crippen LogP contribution in [0.15, 0.2) is 53.1 Å². The highest BCUT2D eigenvalue weighted by Gasteiger charge is 2.31. The summed E-state index contributed by atoms with van der Waals surface area (Å²) < 4.78 is 17.8. The van der Waals surface area contributed by atoms with Gasteiger partial charge in [-0.15, -0.1) is 0 Å². The molecule has 12 nitrogen and oxygen atoms in total. The Labute approximate surface area is 276 Å². The number of likely N-dealkylation sites (N-methyl/N-ethyl adjacent to an activating group) is 1. The second-order valence-corrected chi connectivity index (χ2v) is 12.3. The van der Waals surface area contributed by atoms with E-state index >= 15 is 0 Å². The molecule has 0 fully saturated rings. The highest BCUT2D eigenvalue weighted by atomic mass is 16.5. The van der Waals surface area contributed by atoms with Crippen LogP contribution in [-0.2, 0) is 4.74 Å². The van der Waals surface area contributed by atoms with Crippen LogP contribution in [0.25, 0.3) is 0 Å². The van der Waals surface area contributed by atoms with E-state index in [1.807, 2.05) is 19.9 Å². The molecule has 4 atom stereocenters. The molecule has 0 saturated carbocycles. The van der Waals surface area contributed by atoms with E-state index in [9.17, 15) is 19.5 Å². The first kappa shape index (κ1) is 35.4. The fourth-order valence-electron chi connectivity index (χ4n) is 5.47. The molecule has 3 aromatic rings. The van der Waals surface area contributed by atoms with Crippen molar-refractivity contribution in [2.45, 2.75) is 72.1 Å². The fourth-order valence-corrected chi connectivity index (χ4v) is 5.47. The molecule has 254 valence electrons. The topological polar surface area (TPSA) is 146 Å². The number of carbonyl (C=O) groups is 3. The first-order valence-electron chi connectivity index (χ1n) is 16.1. The van der Waals surface area contributed by atoms with E-state index in [2.05, 4.69) is 15.8 Å². The van der Waals surface area contributed by atoms with Crippen molar-refractivity contribution in [1.29, 1.82) is 0 Å². The van der Waals surface area contributed by atoms with Crippen molar-refractivity contribution < 1.29 is 33.5 Å². The number of amides is 4. The third kappa shape index (κ3) is 9.32. The predicted octanol–water partition coefficient (Wildman–Crippen LogP) is 5.50. The molecule has 4 rings (SSSR count). The van der Waals surface area contributed by atoms with Crippen LogP contribution in [0.3, 0.4) is 0 Å². The van der Waals surface area contributed by atoms with Crippen molar-refractivity contribution >= 4 is 29.2 Å². The molecule has 1 aliphatic rings. The smallest absolute Gasteiger partial charge is 0.321 e. The lowest BCUT2D eigenvalue weighted by atomic mass is 10.0. The molecule has 2 aromatic carbocycles. The van der Waals surface area contributed by atoms with Gasteiger partial charge in [0.2, 0.25) is 0 Å². The van der Waals surface area contributed by atoms with Crippen molar-refractivity contribution in [2.75, 3.05) is 44.0 Å². The van der Waals surface area contributed by atoms with Crippen molar-refractivity contribution in [2.24, 2.45) is 5.92 Å². The number of carbonyl (C=O) groups excluding carboxylic acids is 3. The lowest BCUT2D eigenvalue weighted by Gasteiger charge is -2.35. The van der Waals surface area contributed by atoms with Gasteiger partial charge in [0.25, 0.3) is 11.8 Å². The van der Waals surface area contributed by atoms with Crippen LogP contribution in [0.1, 0.15) is 72.2 Å². The van der Waals surface area contributed by atoms with Gasteiger partial charge in [0.1, 0.15) is 17.1 Å². The third-order valence-electron chi connectivity index (χ3n) is 8.41. The Balaban J connectivity index is 1.60. The van der Waals surface area contributed by atoms with Crippen LogP contribution >= 0.6 is 0 Å². The van der Waals surface area contributed by atoms with Gasteiger partial charge in [-0.2, -0.15) is 0 Å². The first-order chi connectivity index (χ1) is 22.5. The van der Waals surface area contributed by atoms with Crippen molar-refractivity contribution in [3.63, 3.8) is 0 Å². The number of nitrogens with zero attached hydrogens (tertiary/aromatic N) is 3. The van der Waals surface area contributed by atoms with Gasteiger partial charge < -0.3 is 39.5 Å². The van der Waals surface area contributed by atoms with Crippen LogP contribution in [0.4, 0.5) is 16.2 Å². The lowest BCUT2D eigenvalue weighted by molar-refractivity contribution is -0.0115. The zero-order valence-corrected chi connectivity index (χ0v) is 28.1. The lowest BCUT2D eigenvalue weighted by Crippen LogP contribution is -2.48. The normalized spacial score (nSPS) is 19.9. The van der Waals surface area contributed by atoms with E-state index in [1.165, 1.54) is 0 Å². The molecule has 2 heterocycles. The number of aliphatic hydroxyl groups is 1. The standard InChI is InChI=1S/C35H47N5O7/c1-22-19-40(23(2)21-41)34(43)29-18-28(36-33(42)27-13-8-7-9-14-27)15-16-30(29)46-24(3)12-10-11-17-45-31(22)20-39(6)35(44)37-32-25(4)38-47-26(32)5/h7-9,13-16,18,22-24,31,41H,10-12,17,19-21H2,1-6H3,(H,36,42)(H,37,44)/t22-,23-,24+,31+/m0/s1. The van der Waals surface area contributed by atoms with Gasteiger partial charge in [-0.1, -0.05) is 30.3 Å². The molecule has 3 N–H and O–H groups in total. The number of benzene rings is 2. The molecule has 0 radical (unpaired) electrons. The largest absolute Gasteiger partial charge is 0.490 e. The maximum absolute atomic E-state index is 14.3. The van der Waals surface area contributed by atoms with Gasteiger partial charge in [-0.25, -0.2) is 4.79 Å². The molecule has 0 aliphatic carbocycles. The Morgan fingerprint density at radius 1 is 1.11 bits per heavy atom. The minimum absolute atomic E-state index is 0.188. The molecule has 0 saturated heterocycles. The number of aromatic nitrogens is 1. The van der Waals surface area contributed by atoms with E-state index in [-0.39, 0.29) is 55.1 Å². The molecule has 4 amide bonds. The van der Waals surface area contributed by atoms with Crippen LogP contribution in [0.2, 0.25) is 0 Å². The number of anilines is 2. The monoisotopic (exact) mass is 649 g/mol. The maximum Gasteiger partial charge on any atom is 0.321 e. The summed E-state index contributed by atoms with van der Waals surface area (Å²) in [6.45, 7) is 9.90. The summed E-state index contributed by atoms with van der Waals surface area (Å²) in [5, 5.41) is 19.9. The van der Waals surface area contributed by atoms with Crippen LogP contribution in [0.5, 0.6) is 5.75 Å². The second kappa shape index (κ2) is 16.4. The Morgan fingerprint density at radius 3 is 2.53 bits per heavy atom. The number of nitrogens with one attached hydrogen (secondary N) is 2. The number of ether oxygens (including phenoxy) is 2. The summed E-state index contributed by atoms with van der Waals surface area (Å²) in [6, 6.07) is 13.0. The number of fused-ring (bicyclic) bond motifs is 1. The van der Waals surface area contributed by atoms with Gasteiger partial charge >= 0.3 is 6.03 Å². The Bertz CT molecular complexity index is 1490. The van der Waals surface area contributed by atoms with E-state index in [0.717, 1.165) is 19.3 Å². The summed E-state index contributed by atoms with van der Waals surface area (Å²) in [6.07, 6.45) is 1.77. The zero-order chi connectivity index (χ0) is 34.1. The summed E-state index contributed by atoms with van der Waals surface area (Å²) in [7, 11) is 1.69. The molecule has 1 aliphatic heterocycles. The van der Waals surface area contributed by atoms with Crippen LogP contribution in [0, 0.1) is 19.8 Å². The number of urea groups is 1. The van der Waals surface area contributed by atoms with Crippen LogP contribution in [-0.4, -0.2) is 89.5 Å². The second-order valence-electron chi connectivity index (χ2n) is 12.3. The quantitative estimate of drug-likeness (QED) is 0.304. The summed E-state index contributed by atoms with van der Waals surface area (Å²) >= 11 is 0. The number of aryl methyl sites for hydroxylation is 2. The fraction of sp³-hybridized carbons (Fsp3) is 0.486. The van der Waals surface area contributed by atoms with Crippen molar-refractivity contribution in [3.8, 4) is 5.75 Å². The maximum atomic E-state index is 14.3. The minimum atomic E-state index is -0.535. The summed E-state index contributed by atoms with van der Waals surface area (Å²) in [4.78, 5) is 43.6. The average molecular weight is 650 g/mol. The molecule has 0 spiro atoms. The van der Waals surface area contributed by atoms with E-state index in [1.54, 1.807) is 80.1 Å². The van der Waals surface area contributed by atoms with Gasteiger partial charge in [0.15, 0.2) is 5.76 Å². The summed E-state index contributed by atoms with van der Waals surface area (Å²) in [5.74, 6) is 0.0416. The number of aliphatic hydroxyl groups excluding tert-OH is 1. The number of hydrogen-bond acceptors (Lipinski definition) is 8. The molecule has 0 unspecified atom stereocenters. The minimum Gasteiger partial charge on any atom is -0.490 e. The molecular weight excluding hydrogens is 602 g/mol. The predicted molar refractivity (Wildman–Crippen MR) is 179 cm³/mol. The molecule has 1 aromatic heterocycles. The Hall–Kier alpha value is -4.42. The van der Waals surface area contributed by atoms with Crippen molar-refractivity contribution in [3.05, 3.63) is 71.1 Å². The highest BCUT2D eigenvalue weighted by Crippen LogP contribution is 2.29. The molecular formula is C35H47N5O7. The van der Waals surface area contributed by atoms with Gasteiger partial charge in [-0.3, -0.25) is 9.59 Å². The van der Waals surface area contributed by atoms with Crippen LogP contribution < -0.4 is 15.4 Å². The SMILES string of the molecule is Cc1noc(C)c1NC(=O)N(C)C[C@H]1OCCCC[C@@H](C)Oc2ccc(NC(=O)c3ccccc3)cc2C(=O)N([C@@H](C)CO)C[C@@H]1C. The number of rotatable bonds is 7. The van der Waals surface area contributed by atoms with Gasteiger partial charge in [0, 0.05) is 43.9 Å². The molecule has 12 heteroatoms. The number of hydrogen-bond donors (Lipinski definition) is 3. The van der Waals surface area contributed by atoms with Gasteiger partial charge in [0.05, 0.1) is 30.4 Å². The highest BCUT2D eigenvalue weighted by molar-refractivity contribution is 6.05.